The van der Waals surface area contributed by atoms with Crippen molar-refractivity contribution in [3.8, 4) is 0 Å². The molecule has 10 nitrogen and oxygen atoms in total. The predicted octanol–water partition coefficient (Wildman–Crippen LogP) is 0.371. The zero-order chi connectivity index (χ0) is 15.9. The Morgan fingerprint density at radius 3 is 1.29 bits per heavy atom. The molecule has 0 aliphatic heterocycles. The van der Waals surface area contributed by atoms with Gasteiger partial charge in [-0.1, -0.05) is 0 Å². The van der Waals surface area contributed by atoms with Gasteiger partial charge in [-0.25, -0.2) is 0 Å². The molecule has 12 heteroatoms. The molecule has 2 heterocycles. The van der Waals surface area contributed by atoms with E-state index in [1.807, 2.05) is 0 Å². The molecular weight excluding hydrogens is 359 g/mol. The van der Waals surface area contributed by atoms with Gasteiger partial charge in [-0.2, -0.15) is 0 Å². The zero-order valence-corrected chi connectivity index (χ0v) is 13.8. The second kappa shape index (κ2) is 9.92. The molecule has 0 aromatic carbocycles. The van der Waals surface area contributed by atoms with Gasteiger partial charge >= 0.3 is 0 Å². The van der Waals surface area contributed by atoms with E-state index >= 15 is 0 Å². The van der Waals surface area contributed by atoms with Crippen molar-refractivity contribution in [3.63, 3.8) is 0 Å². The summed E-state index contributed by atoms with van der Waals surface area (Å²) >= 11 is 0. The molecule has 24 heavy (non-hydrogen) atoms. The number of rotatable bonds is 5. The molecule has 0 spiro atoms. The second-order valence-corrected chi connectivity index (χ2v) is 3.90. The van der Waals surface area contributed by atoms with Crippen LogP contribution in [0.15, 0.2) is 66.0 Å². The highest BCUT2D eigenvalue weighted by Gasteiger charge is 2.20. The molecule has 0 unspecified atom stereocenters. The van der Waals surface area contributed by atoms with Crippen molar-refractivity contribution in [2.45, 2.75) is 0 Å². The molecule has 0 saturated carbocycles. The predicted molar refractivity (Wildman–Crippen MR) is 96.6 cm³/mol. The summed E-state index contributed by atoms with van der Waals surface area (Å²) in [6.45, 7) is 0. The Bertz CT molecular complexity index is 663. The number of nitrogens with two attached hydrogens (primary N) is 4. The lowest BCUT2D eigenvalue weighted by Crippen LogP contribution is -2.24. The number of hydrogen-bond acceptors (Lipinski definition) is 6. The summed E-state index contributed by atoms with van der Waals surface area (Å²) in [6, 6.07) is 6.63. The van der Waals surface area contributed by atoms with Crippen LogP contribution in [-0.4, -0.2) is 23.3 Å². The average molecular weight is 375 g/mol. The van der Waals surface area contributed by atoms with Crippen molar-refractivity contribution in [2.75, 3.05) is 0 Å². The molecule has 0 amide bonds. The lowest BCUT2D eigenvalue weighted by molar-refractivity contribution is 0.553. The number of nitrogens with zero attached hydrogens (tertiary/aromatic N) is 4. The highest BCUT2D eigenvalue weighted by atomic mass is 35.5. The van der Waals surface area contributed by atoms with Gasteiger partial charge in [-0.15, -0.1) is 45.2 Å². The van der Waals surface area contributed by atoms with Crippen LogP contribution in [0.25, 0.3) is 0 Å². The molecule has 2 aromatic heterocycles. The van der Waals surface area contributed by atoms with Crippen LogP contribution in [-0.2, 0) is 0 Å². The smallest absolute Gasteiger partial charge is 0.211 e. The molecule has 8 N–H and O–H groups in total. The summed E-state index contributed by atoms with van der Waals surface area (Å²) in [4.78, 5) is 0. The van der Waals surface area contributed by atoms with E-state index in [-0.39, 0.29) is 48.2 Å². The van der Waals surface area contributed by atoms with Crippen molar-refractivity contribution in [1.29, 1.82) is 0 Å². The highest BCUT2D eigenvalue weighted by Crippen LogP contribution is 2.12. The normalized spacial score (nSPS) is 11.0. The number of furan rings is 2. The van der Waals surface area contributed by atoms with Crippen molar-refractivity contribution in [2.24, 2.45) is 43.3 Å². The minimum atomic E-state index is -0.232. The highest BCUT2D eigenvalue weighted by molar-refractivity contribution is 6.52. The molecule has 0 aliphatic rings. The van der Waals surface area contributed by atoms with Gasteiger partial charge in [0.1, 0.15) is 0 Å². The van der Waals surface area contributed by atoms with Crippen molar-refractivity contribution in [1.82, 2.24) is 0 Å². The zero-order valence-electron chi connectivity index (χ0n) is 12.2. The Morgan fingerprint density at radius 1 is 0.667 bits per heavy atom. The first-order valence-electron chi connectivity index (χ1n) is 5.99. The van der Waals surface area contributed by atoms with E-state index in [1.165, 1.54) is 12.5 Å². The summed E-state index contributed by atoms with van der Waals surface area (Å²) < 4.78 is 10.6. The molecule has 0 radical (unpaired) electrons. The molecule has 0 atom stereocenters. The van der Waals surface area contributed by atoms with Gasteiger partial charge in [0.05, 0.1) is 12.5 Å². The van der Waals surface area contributed by atoms with Gasteiger partial charge in [0, 0.05) is 0 Å². The Labute approximate surface area is 149 Å². The Kier molecular flexibility index (Phi) is 8.69. The van der Waals surface area contributed by atoms with Gasteiger partial charge in [-0.3, -0.25) is 0 Å². The fourth-order valence-corrected chi connectivity index (χ4v) is 1.47. The maximum atomic E-state index is 5.30. The largest absolute Gasteiger partial charge is 0.463 e. The molecule has 0 fully saturated rings. The lowest BCUT2D eigenvalue weighted by Gasteiger charge is -2.03. The summed E-state index contributed by atoms with van der Waals surface area (Å²) in [6.07, 6.45) is 2.92. The first-order chi connectivity index (χ1) is 10.6. The third-order valence-electron chi connectivity index (χ3n) is 2.26. The number of guanidine groups is 2. The van der Waals surface area contributed by atoms with Crippen molar-refractivity contribution < 1.29 is 8.83 Å². The molecule has 130 valence electrons. The molecule has 0 saturated heterocycles. The molecular formula is C12H16Cl2N8O2. The molecule has 2 rings (SSSR count). The van der Waals surface area contributed by atoms with Crippen molar-refractivity contribution >= 4 is 48.2 Å². The van der Waals surface area contributed by atoms with E-state index in [0.717, 1.165) is 0 Å². The van der Waals surface area contributed by atoms with Crippen LogP contribution < -0.4 is 22.9 Å². The summed E-state index contributed by atoms with van der Waals surface area (Å²) in [7, 11) is 0. The summed E-state index contributed by atoms with van der Waals surface area (Å²) in [5.41, 5.74) is 21.6. The fraction of sp³-hybridized carbons (Fsp3) is 0. The van der Waals surface area contributed by atoms with E-state index in [9.17, 15) is 0 Å². The van der Waals surface area contributed by atoms with Crippen LogP contribution in [0, 0.1) is 0 Å². The molecule has 0 bridgehead atoms. The minimum Gasteiger partial charge on any atom is -0.463 e. The SMILES string of the molecule is Cl.Cl.NC(N)=NN=C(C(=NN=C(N)N)c1ccco1)c1ccco1. The van der Waals surface area contributed by atoms with Gasteiger partial charge in [0.25, 0.3) is 0 Å². The lowest BCUT2D eigenvalue weighted by atomic mass is 10.1. The van der Waals surface area contributed by atoms with Crippen LogP contribution >= 0.6 is 24.8 Å². The Hall–Kier alpha value is -2.98. The van der Waals surface area contributed by atoms with E-state index in [0.29, 0.717) is 11.5 Å². The van der Waals surface area contributed by atoms with Crippen molar-refractivity contribution in [3.05, 3.63) is 48.3 Å². The van der Waals surface area contributed by atoms with Gasteiger partial charge < -0.3 is 31.8 Å². The second-order valence-electron chi connectivity index (χ2n) is 3.90. The van der Waals surface area contributed by atoms with Crippen LogP contribution in [0.1, 0.15) is 11.5 Å². The maximum Gasteiger partial charge on any atom is 0.211 e. The monoisotopic (exact) mass is 374 g/mol. The van der Waals surface area contributed by atoms with Crippen LogP contribution in [0.3, 0.4) is 0 Å². The number of halogens is 2. The fourth-order valence-electron chi connectivity index (χ4n) is 1.47. The quantitative estimate of drug-likeness (QED) is 0.333. The first-order valence-corrected chi connectivity index (χ1v) is 5.99. The average Bonchev–Trinajstić information content (AvgIpc) is 3.14. The molecule has 0 aliphatic carbocycles. The van der Waals surface area contributed by atoms with Crippen LogP contribution in [0.5, 0.6) is 0 Å². The third-order valence-corrected chi connectivity index (χ3v) is 2.26. The third kappa shape index (κ3) is 5.66. The van der Waals surface area contributed by atoms with Gasteiger partial charge in [0.2, 0.25) is 11.9 Å². The van der Waals surface area contributed by atoms with E-state index < -0.39 is 0 Å². The van der Waals surface area contributed by atoms with Crippen LogP contribution in [0.2, 0.25) is 0 Å². The van der Waals surface area contributed by atoms with Gasteiger partial charge in [0.15, 0.2) is 22.9 Å². The standard InChI is InChI=1S/C12H14N8O2.2ClH/c13-11(14)19-17-9(7-3-1-5-21-7)10(18-20-12(15)16)8-4-2-6-22-8;;/h1-6H,(H4,13,14,19)(H4,15,16,20);2*1H. The maximum absolute atomic E-state index is 5.30. The van der Waals surface area contributed by atoms with E-state index in [4.69, 9.17) is 31.8 Å². The summed E-state index contributed by atoms with van der Waals surface area (Å²) in [5, 5.41) is 15.0. The van der Waals surface area contributed by atoms with E-state index in [2.05, 4.69) is 20.4 Å². The Morgan fingerprint density at radius 2 is 1.04 bits per heavy atom. The first kappa shape index (κ1) is 21.0. The van der Waals surface area contributed by atoms with E-state index in [1.54, 1.807) is 24.3 Å². The summed E-state index contributed by atoms with van der Waals surface area (Å²) in [5.74, 6) is 0.242. The van der Waals surface area contributed by atoms with Gasteiger partial charge in [-0.05, 0) is 24.3 Å². The molecule has 2 aromatic rings. The topological polar surface area (TPSA) is 180 Å². The Balaban J connectivity index is 0.00000264. The number of hydrogen-bond donors (Lipinski definition) is 4. The van der Waals surface area contributed by atoms with Crippen LogP contribution in [0.4, 0.5) is 0 Å². The minimum absolute atomic E-state index is 0.